The molecule has 0 aliphatic carbocycles. The van der Waals surface area contributed by atoms with Crippen molar-refractivity contribution in [1.29, 1.82) is 0 Å². The predicted octanol–water partition coefficient (Wildman–Crippen LogP) is 2.44. The second kappa shape index (κ2) is 5.13. The molecule has 3 rings (SSSR count). The van der Waals surface area contributed by atoms with Crippen molar-refractivity contribution in [2.75, 3.05) is 6.54 Å². The fourth-order valence-electron chi connectivity index (χ4n) is 2.19. The minimum atomic E-state index is -0.215. The standard InChI is InChI=1S/C15H14N2O3/c18-11-3-4-12-10(9-17-13(12)8-11)5-6-16-15(19)14-2-1-7-20-14/h1-4,7-9,17-18H,5-6H2,(H,16,19). The van der Waals surface area contributed by atoms with Gasteiger partial charge in [0.25, 0.3) is 5.91 Å². The van der Waals surface area contributed by atoms with Crippen LogP contribution in [0.1, 0.15) is 16.1 Å². The molecule has 0 saturated carbocycles. The largest absolute Gasteiger partial charge is 0.508 e. The van der Waals surface area contributed by atoms with Crippen LogP contribution in [0.4, 0.5) is 0 Å². The molecular weight excluding hydrogens is 256 g/mol. The molecule has 1 amide bonds. The Morgan fingerprint density at radius 3 is 3.05 bits per heavy atom. The van der Waals surface area contributed by atoms with Gasteiger partial charge in [0.2, 0.25) is 0 Å². The Balaban J connectivity index is 1.64. The highest BCUT2D eigenvalue weighted by Gasteiger charge is 2.08. The summed E-state index contributed by atoms with van der Waals surface area (Å²) in [5.41, 5.74) is 1.98. The van der Waals surface area contributed by atoms with Crippen LogP contribution < -0.4 is 5.32 Å². The van der Waals surface area contributed by atoms with Crippen molar-refractivity contribution in [2.24, 2.45) is 0 Å². The van der Waals surface area contributed by atoms with Crippen molar-refractivity contribution in [3.63, 3.8) is 0 Å². The molecule has 3 N–H and O–H groups in total. The molecule has 0 saturated heterocycles. The molecule has 0 aliphatic heterocycles. The molecule has 5 heteroatoms. The predicted molar refractivity (Wildman–Crippen MR) is 74.7 cm³/mol. The van der Waals surface area contributed by atoms with Crippen LogP contribution in [0, 0.1) is 0 Å². The zero-order valence-electron chi connectivity index (χ0n) is 10.7. The first-order valence-electron chi connectivity index (χ1n) is 6.35. The van der Waals surface area contributed by atoms with Gasteiger partial charge in [0.15, 0.2) is 5.76 Å². The Morgan fingerprint density at radius 1 is 1.35 bits per heavy atom. The Hall–Kier alpha value is -2.69. The van der Waals surface area contributed by atoms with E-state index in [1.807, 2.05) is 12.3 Å². The molecule has 2 aromatic heterocycles. The van der Waals surface area contributed by atoms with E-state index in [0.29, 0.717) is 18.7 Å². The van der Waals surface area contributed by atoms with Crippen molar-refractivity contribution in [3.8, 4) is 5.75 Å². The molecule has 0 bridgehead atoms. The number of furan rings is 1. The van der Waals surface area contributed by atoms with Gasteiger partial charge in [0.1, 0.15) is 5.75 Å². The van der Waals surface area contributed by atoms with E-state index in [1.165, 1.54) is 6.26 Å². The van der Waals surface area contributed by atoms with E-state index < -0.39 is 0 Å². The van der Waals surface area contributed by atoms with Gasteiger partial charge in [-0.3, -0.25) is 4.79 Å². The maximum atomic E-state index is 11.7. The number of hydrogen-bond acceptors (Lipinski definition) is 3. The normalized spacial score (nSPS) is 10.8. The van der Waals surface area contributed by atoms with Gasteiger partial charge in [-0.25, -0.2) is 0 Å². The smallest absolute Gasteiger partial charge is 0.286 e. The third-order valence-corrected chi connectivity index (χ3v) is 3.18. The average molecular weight is 270 g/mol. The van der Waals surface area contributed by atoms with Crippen LogP contribution in [0.25, 0.3) is 10.9 Å². The van der Waals surface area contributed by atoms with E-state index >= 15 is 0 Å². The average Bonchev–Trinajstić information content (AvgIpc) is 3.08. The zero-order valence-corrected chi connectivity index (χ0v) is 10.7. The minimum absolute atomic E-state index is 0.215. The molecule has 0 spiro atoms. The van der Waals surface area contributed by atoms with Gasteiger partial charge in [0.05, 0.1) is 6.26 Å². The lowest BCUT2D eigenvalue weighted by Crippen LogP contribution is -2.25. The van der Waals surface area contributed by atoms with E-state index in [4.69, 9.17) is 4.42 Å². The number of phenolic OH excluding ortho intramolecular Hbond substituents is 1. The van der Waals surface area contributed by atoms with Gasteiger partial charge in [-0.2, -0.15) is 0 Å². The molecule has 3 aromatic rings. The molecule has 0 fully saturated rings. The highest BCUT2D eigenvalue weighted by Crippen LogP contribution is 2.22. The van der Waals surface area contributed by atoms with Gasteiger partial charge < -0.3 is 19.8 Å². The number of H-pyrrole nitrogens is 1. The Morgan fingerprint density at radius 2 is 2.25 bits per heavy atom. The summed E-state index contributed by atoms with van der Waals surface area (Å²) in [6.45, 7) is 0.521. The Kier molecular flexibility index (Phi) is 3.16. The van der Waals surface area contributed by atoms with E-state index in [0.717, 1.165) is 16.5 Å². The van der Waals surface area contributed by atoms with E-state index in [1.54, 1.807) is 24.3 Å². The highest BCUT2D eigenvalue weighted by molar-refractivity contribution is 5.91. The summed E-state index contributed by atoms with van der Waals surface area (Å²) in [7, 11) is 0. The Bertz CT molecular complexity index is 729. The number of carbonyl (C=O) groups is 1. The fraction of sp³-hybridized carbons (Fsp3) is 0.133. The van der Waals surface area contributed by atoms with Crippen LogP contribution >= 0.6 is 0 Å². The molecule has 5 nitrogen and oxygen atoms in total. The van der Waals surface area contributed by atoms with Crippen LogP contribution in [0.2, 0.25) is 0 Å². The molecule has 0 aliphatic rings. The molecule has 0 unspecified atom stereocenters. The molecule has 20 heavy (non-hydrogen) atoms. The van der Waals surface area contributed by atoms with Crippen LogP contribution in [0.3, 0.4) is 0 Å². The zero-order chi connectivity index (χ0) is 13.9. The summed E-state index contributed by atoms with van der Waals surface area (Å²) in [5, 5.41) is 13.3. The van der Waals surface area contributed by atoms with E-state index in [-0.39, 0.29) is 11.7 Å². The fourth-order valence-corrected chi connectivity index (χ4v) is 2.19. The van der Waals surface area contributed by atoms with Crippen LogP contribution in [-0.4, -0.2) is 22.5 Å². The van der Waals surface area contributed by atoms with Gasteiger partial charge in [-0.1, -0.05) is 0 Å². The van der Waals surface area contributed by atoms with Crippen molar-refractivity contribution in [2.45, 2.75) is 6.42 Å². The number of nitrogens with one attached hydrogen (secondary N) is 2. The van der Waals surface area contributed by atoms with Crippen LogP contribution in [0.15, 0.2) is 47.2 Å². The summed E-state index contributed by atoms with van der Waals surface area (Å²) in [4.78, 5) is 14.8. The lowest BCUT2D eigenvalue weighted by atomic mass is 10.1. The summed E-state index contributed by atoms with van der Waals surface area (Å²) in [5.74, 6) is 0.332. The lowest BCUT2D eigenvalue weighted by molar-refractivity contribution is 0.0926. The molecule has 1 aromatic carbocycles. The first kappa shape index (κ1) is 12.3. The molecular formula is C15H14N2O3. The molecule has 102 valence electrons. The molecule has 0 atom stereocenters. The number of aromatic nitrogens is 1. The lowest BCUT2D eigenvalue weighted by Gasteiger charge is -2.02. The second-order valence-corrected chi connectivity index (χ2v) is 4.53. The van der Waals surface area contributed by atoms with Gasteiger partial charge in [-0.05, 0) is 36.2 Å². The SMILES string of the molecule is O=C(NCCc1c[nH]c2cc(O)ccc12)c1ccco1. The first-order chi connectivity index (χ1) is 9.74. The maximum absolute atomic E-state index is 11.7. The number of amides is 1. The third kappa shape index (κ3) is 2.38. The van der Waals surface area contributed by atoms with Crippen molar-refractivity contribution in [1.82, 2.24) is 10.3 Å². The highest BCUT2D eigenvalue weighted by atomic mass is 16.3. The maximum Gasteiger partial charge on any atom is 0.286 e. The number of rotatable bonds is 4. The topological polar surface area (TPSA) is 78.3 Å². The minimum Gasteiger partial charge on any atom is -0.508 e. The third-order valence-electron chi connectivity index (χ3n) is 3.18. The summed E-state index contributed by atoms with van der Waals surface area (Å²) in [6.07, 6.45) is 4.07. The van der Waals surface area contributed by atoms with Gasteiger partial charge >= 0.3 is 0 Å². The second-order valence-electron chi connectivity index (χ2n) is 4.53. The monoisotopic (exact) mass is 270 g/mol. The van der Waals surface area contributed by atoms with Crippen molar-refractivity contribution < 1.29 is 14.3 Å². The number of benzene rings is 1. The van der Waals surface area contributed by atoms with Gasteiger partial charge in [0, 0.05) is 29.7 Å². The van der Waals surface area contributed by atoms with Crippen LogP contribution in [0.5, 0.6) is 5.75 Å². The van der Waals surface area contributed by atoms with Crippen LogP contribution in [-0.2, 0) is 6.42 Å². The van der Waals surface area contributed by atoms with Gasteiger partial charge in [-0.15, -0.1) is 0 Å². The van der Waals surface area contributed by atoms with E-state index in [9.17, 15) is 9.90 Å². The number of carbonyl (C=O) groups excluding carboxylic acids is 1. The summed E-state index contributed by atoms with van der Waals surface area (Å²) >= 11 is 0. The summed E-state index contributed by atoms with van der Waals surface area (Å²) < 4.78 is 5.02. The van der Waals surface area contributed by atoms with Crippen molar-refractivity contribution in [3.05, 3.63) is 54.1 Å². The quantitative estimate of drug-likeness (QED) is 0.681. The number of fused-ring (bicyclic) bond motifs is 1. The number of hydrogen-bond donors (Lipinski definition) is 3. The Labute approximate surface area is 115 Å². The van der Waals surface area contributed by atoms with E-state index in [2.05, 4.69) is 10.3 Å². The number of phenols is 1. The summed E-state index contributed by atoms with van der Waals surface area (Å²) in [6, 6.07) is 8.51. The number of aromatic amines is 1. The first-order valence-corrected chi connectivity index (χ1v) is 6.35. The molecule has 0 radical (unpaired) electrons. The number of aromatic hydroxyl groups is 1. The van der Waals surface area contributed by atoms with Crippen molar-refractivity contribution >= 4 is 16.8 Å². The molecule has 2 heterocycles.